The van der Waals surface area contributed by atoms with Crippen molar-refractivity contribution in [3.63, 3.8) is 0 Å². The van der Waals surface area contributed by atoms with Crippen molar-refractivity contribution in [1.29, 1.82) is 0 Å². The van der Waals surface area contributed by atoms with E-state index < -0.39 is 0 Å². The second-order valence-corrected chi connectivity index (χ2v) is 4.11. The minimum atomic E-state index is -0.214. The zero-order chi connectivity index (χ0) is 13.8. The Labute approximate surface area is 114 Å². The Morgan fingerprint density at radius 2 is 2.25 bits per heavy atom. The molecule has 1 N–H and O–H groups in total. The van der Waals surface area contributed by atoms with Crippen molar-refractivity contribution in [3.8, 4) is 0 Å². The van der Waals surface area contributed by atoms with E-state index in [0.717, 1.165) is 5.65 Å². The monoisotopic (exact) mass is 268 g/mol. The number of furan rings is 1. The number of fused-ring (bicyclic) bond motifs is 1. The molecule has 6 nitrogen and oxygen atoms in total. The van der Waals surface area contributed by atoms with Crippen molar-refractivity contribution in [1.82, 2.24) is 19.9 Å². The Bertz CT molecular complexity index is 743. The van der Waals surface area contributed by atoms with Crippen molar-refractivity contribution in [2.24, 2.45) is 0 Å². The molecule has 0 aromatic carbocycles. The van der Waals surface area contributed by atoms with E-state index in [1.165, 1.54) is 6.08 Å². The number of carbonyl (C=O) groups excluding carboxylic acids is 1. The fourth-order valence-corrected chi connectivity index (χ4v) is 1.78. The minimum absolute atomic E-state index is 0.214. The van der Waals surface area contributed by atoms with Gasteiger partial charge in [0.05, 0.1) is 12.8 Å². The summed E-state index contributed by atoms with van der Waals surface area (Å²) in [5.74, 6) is 1.10. The molecule has 0 unspecified atom stereocenters. The van der Waals surface area contributed by atoms with Gasteiger partial charge in [-0.15, -0.1) is 10.2 Å². The van der Waals surface area contributed by atoms with Gasteiger partial charge in [-0.25, -0.2) is 0 Å². The Morgan fingerprint density at radius 3 is 3.10 bits per heavy atom. The molecular weight excluding hydrogens is 256 g/mol. The van der Waals surface area contributed by atoms with E-state index in [1.54, 1.807) is 24.5 Å². The first kappa shape index (κ1) is 12.2. The average Bonchev–Trinajstić information content (AvgIpc) is 3.12. The third kappa shape index (κ3) is 2.59. The van der Waals surface area contributed by atoms with E-state index in [2.05, 4.69) is 15.5 Å². The van der Waals surface area contributed by atoms with Crippen molar-refractivity contribution >= 4 is 17.6 Å². The first-order valence-electron chi connectivity index (χ1n) is 6.11. The van der Waals surface area contributed by atoms with Crippen molar-refractivity contribution in [2.75, 3.05) is 0 Å². The molecule has 0 aliphatic carbocycles. The number of hydrogen-bond donors (Lipinski definition) is 1. The van der Waals surface area contributed by atoms with Crippen LogP contribution < -0.4 is 5.32 Å². The van der Waals surface area contributed by atoms with Crippen LogP contribution in [-0.4, -0.2) is 20.5 Å². The van der Waals surface area contributed by atoms with E-state index in [4.69, 9.17) is 4.42 Å². The molecule has 0 bridgehead atoms. The predicted octanol–water partition coefficient (Wildman–Crippen LogP) is 1.65. The number of amides is 1. The highest BCUT2D eigenvalue weighted by Gasteiger charge is 2.05. The van der Waals surface area contributed by atoms with Gasteiger partial charge in [-0.1, -0.05) is 6.07 Å². The standard InChI is InChI=1S/C14H12N4O2/c19-14(7-6-11-4-3-9-20-11)15-10-13-17-16-12-5-1-2-8-18(12)13/h1-9H,10H2,(H,15,19). The fraction of sp³-hybridized carbons (Fsp3) is 0.0714. The molecule has 100 valence electrons. The fourth-order valence-electron chi connectivity index (χ4n) is 1.78. The molecule has 0 radical (unpaired) electrons. The molecule has 0 fully saturated rings. The topological polar surface area (TPSA) is 72.4 Å². The summed E-state index contributed by atoms with van der Waals surface area (Å²) in [4.78, 5) is 11.7. The lowest BCUT2D eigenvalue weighted by molar-refractivity contribution is -0.116. The van der Waals surface area contributed by atoms with E-state index in [0.29, 0.717) is 18.1 Å². The normalized spacial score (nSPS) is 11.2. The van der Waals surface area contributed by atoms with Crippen molar-refractivity contribution in [3.05, 3.63) is 60.5 Å². The molecule has 3 rings (SSSR count). The van der Waals surface area contributed by atoms with Crippen LogP contribution in [-0.2, 0) is 11.3 Å². The van der Waals surface area contributed by atoms with Gasteiger partial charge in [0.2, 0.25) is 5.91 Å². The molecule has 3 aromatic rings. The third-order valence-corrected chi connectivity index (χ3v) is 2.75. The summed E-state index contributed by atoms with van der Waals surface area (Å²) in [5, 5.41) is 10.8. The summed E-state index contributed by atoms with van der Waals surface area (Å²) in [6.45, 7) is 0.312. The molecule has 0 aliphatic heterocycles. The lowest BCUT2D eigenvalue weighted by Crippen LogP contribution is -2.21. The summed E-state index contributed by atoms with van der Waals surface area (Å²) in [7, 11) is 0. The largest absolute Gasteiger partial charge is 0.465 e. The zero-order valence-electron chi connectivity index (χ0n) is 10.6. The molecule has 0 saturated heterocycles. The van der Waals surface area contributed by atoms with E-state index in [-0.39, 0.29) is 5.91 Å². The molecular formula is C14H12N4O2. The predicted molar refractivity (Wildman–Crippen MR) is 72.6 cm³/mol. The van der Waals surface area contributed by atoms with Crippen molar-refractivity contribution < 1.29 is 9.21 Å². The van der Waals surface area contributed by atoms with Crippen LogP contribution >= 0.6 is 0 Å². The van der Waals surface area contributed by atoms with Gasteiger partial charge in [0.15, 0.2) is 11.5 Å². The Morgan fingerprint density at radius 1 is 1.30 bits per heavy atom. The van der Waals surface area contributed by atoms with Crippen molar-refractivity contribution in [2.45, 2.75) is 6.54 Å². The number of hydrogen-bond acceptors (Lipinski definition) is 4. The summed E-state index contributed by atoms with van der Waals surface area (Å²) < 4.78 is 6.93. The summed E-state index contributed by atoms with van der Waals surface area (Å²) >= 11 is 0. The van der Waals surface area contributed by atoms with Gasteiger partial charge in [-0.05, 0) is 30.3 Å². The van der Waals surface area contributed by atoms with Gasteiger partial charge in [0.1, 0.15) is 5.76 Å². The zero-order valence-corrected chi connectivity index (χ0v) is 10.6. The smallest absolute Gasteiger partial charge is 0.244 e. The van der Waals surface area contributed by atoms with Gasteiger partial charge in [-0.3, -0.25) is 9.20 Å². The number of nitrogens with zero attached hydrogens (tertiary/aromatic N) is 3. The van der Waals surface area contributed by atoms with Crippen LogP contribution in [0.4, 0.5) is 0 Å². The highest BCUT2D eigenvalue weighted by molar-refractivity contribution is 5.91. The quantitative estimate of drug-likeness (QED) is 0.730. The first-order chi connectivity index (χ1) is 9.83. The SMILES string of the molecule is O=C(C=Cc1ccco1)NCc1nnc2ccccn12. The van der Waals surface area contributed by atoms with Crippen LogP contribution in [0.2, 0.25) is 0 Å². The maximum atomic E-state index is 11.7. The van der Waals surface area contributed by atoms with E-state index >= 15 is 0 Å². The molecule has 1 amide bonds. The van der Waals surface area contributed by atoms with Gasteiger partial charge in [0, 0.05) is 12.3 Å². The van der Waals surface area contributed by atoms with Crippen LogP contribution in [0.1, 0.15) is 11.6 Å². The van der Waals surface area contributed by atoms with Crippen LogP contribution in [0.25, 0.3) is 11.7 Å². The van der Waals surface area contributed by atoms with Gasteiger partial charge < -0.3 is 9.73 Å². The second-order valence-electron chi connectivity index (χ2n) is 4.11. The van der Waals surface area contributed by atoms with Gasteiger partial charge in [-0.2, -0.15) is 0 Å². The Balaban J connectivity index is 1.63. The Kier molecular flexibility index (Phi) is 3.28. The second kappa shape index (κ2) is 5.40. The van der Waals surface area contributed by atoms with Crippen LogP contribution in [0.5, 0.6) is 0 Å². The molecule has 6 heteroatoms. The number of carbonyl (C=O) groups is 1. The molecule has 3 heterocycles. The Hall–Kier alpha value is -2.89. The van der Waals surface area contributed by atoms with Crippen LogP contribution in [0, 0.1) is 0 Å². The first-order valence-corrected chi connectivity index (χ1v) is 6.11. The minimum Gasteiger partial charge on any atom is -0.465 e. The highest BCUT2D eigenvalue weighted by atomic mass is 16.3. The lowest BCUT2D eigenvalue weighted by atomic mass is 10.4. The summed E-state index contributed by atoms with van der Waals surface area (Å²) in [6.07, 6.45) is 6.44. The summed E-state index contributed by atoms with van der Waals surface area (Å²) in [6, 6.07) is 9.17. The molecule has 0 spiro atoms. The molecule has 0 atom stereocenters. The van der Waals surface area contributed by atoms with Gasteiger partial charge in [0.25, 0.3) is 0 Å². The third-order valence-electron chi connectivity index (χ3n) is 2.75. The van der Waals surface area contributed by atoms with Gasteiger partial charge >= 0.3 is 0 Å². The maximum absolute atomic E-state index is 11.7. The van der Waals surface area contributed by atoms with E-state index in [1.807, 2.05) is 28.8 Å². The molecule has 0 aliphatic rings. The number of nitrogens with one attached hydrogen (secondary N) is 1. The number of aromatic nitrogens is 3. The number of pyridine rings is 1. The summed E-state index contributed by atoms with van der Waals surface area (Å²) in [5.41, 5.74) is 0.753. The highest BCUT2D eigenvalue weighted by Crippen LogP contribution is 2.03. The lowest BCUT2D eigenvalue weighted by Gasteiger charge is -2.00. The molecule has 0 saturated carbocycles. The average molecular weight is 268 g/mol. The number of rotatable bonds is 4. The van der Waals surface area contributed by atoms with Crippen LogP contribution in [0.15, 0.2) is 53.3 Å². The molecule has 20 heavy (non-hydrogen) atoms. The van der Waals surface area contributed by atoms with E-state index in [9.17, 15) is 4.79 Å². The maximum Gasteiger partial charge on any atom is 0.244 e. The van der Waals surface area contributed by atoms with Crippen LogP contribution in [0.3, 0.4) is 0 Å². The molecule has 3 aromatic heterocycles.